The van der Waals surface area contributed by atoms with Crippen LogP contribution in [0.1, 0.15) is 30.0 Å². The number of benzene rings is 2. The number of hydrogen-bond acceptors (Lipinski definition) is 3. The first-order valence-electron chi connectivity index (χ1n) is 8.49. The van der Waals surface area contributed by atoms with Gasteiger partial charge in [-0.15, -0.1) is 0 Å². The molecule has 132 valence electrons. The molecule has 0 aliphatic carbocycles. The Morgan fingerprint density at radius 1 is 1.24 bits per heavy atom. The molecule has 2 aromatic rings. The summed E-state index contributed by atoms with van der Waals surface area (Å²) >= 11 is 5.97. The molecule has 1 aliphatic heterocycles. The van der Waals surface area contributed by atoms with Gasteiger partial charge in [-0.2, -0.15) is 0 Å². The van der Waals surface area contributed by atoms with Crippen LogP contribution in [0.3, 0.4) is 0 Å². The molecule has 5 heteroatoms. The van der Waals surface area contributed by atoms with Gasteiger partial charge in [0.25, 0.3) is 0 Å². The van der Waals surface area contributed by atoms with Crippen LogP contribution < -0.4 is 15.4 Å². The molecular formula is C20H23ClN2O2. The predicted octanol–water partition coefficient (Wildman–Crippen LogP) is 3.53. The molecule has 3 unspecified atom stereocenters. The topological polar surface area (TPSA) is 50.4 Å². The van der Waals surface area contributed by atoms with Gasteiger partial charge in [-0.05, 0) is 42.3 Å². The van der Waals surface area contributed by atoms with Gasteiger partial charge in [0, 0.05) is 24.0 Å². The standard InChI is InChI=1S/C20H23ClN2O2/c1-13(15-4-3-5-17(10-15)25-2)23-20(24)19-12-22-11-18(19)14-6-8-16(21)9-7-14/h3-10,13,18-19,22H,11-12H2,1-2H3,(H,23,24). The maximum atomic E-state index is 12.8. The lowest BCUT2D eigenvalue weighted by Crippen LogP contribution is -2.36. The molecule has 25 heavy (non-hydrogen) atoms. The van der Waals surface area contributed by atoms with E-state index in [0.29, 0.717) is 11.6 Å². The van der Waals surface area contributed by atoms with Crippen LogP contribution in [-0.4, -0.2) is 26.1 Å². The fourth-order valence-corrected chi connectivity index (χ4v) is 3.46. The van der Waals surface area contributed by atoms with E-state index in [0.717, 1.165) is 23.4 Å². The van der Waals surface area contributed by atoms with Gasteiger partial charge in [-0.1, -0.05) is 35.9 Å². The van der Waals surface area contributed by atoms with E-state index in [2.05, 4.69) is 10.6 Å². The first-order valence-corrected chi connectivity index (χ1v) is 8.87. The van der Waals surface area contributed by atoms with Gasteiger partial charge < -0.3 is 15.4 Å². The number of ether oxygens (including phenoxy) is 1. The zero-order valence-corrected chi connectivity index (χ0v) is 15.2. The predicted molar refractivity (Wildman–Crippen MR) is 100 cm³/mol. The van der Waals surface area contributed by atoms with Crippen molar-refractivity contribution < 1.29 is 9.53 Å². The van der Waals surface area contributed by atoms with Gasteiger partial charge in [0.2, 0.25) is 5.91 Å². The summed E-state index contributed by atoms with van der Waals surface area (Å²) in [6.07, 6.45) is 0. The highest BCUT2D eigenvalue weighted by Crippen LogP contribution is 2.30. The van der Waals surface area contributed by atoms with Crippen LogP contribution in [-0.2, 0) is 4.79 Å². The molecule has 1 fully saturated rings. The van der Waals surface area contributed by atoms with Crippen molar-refractivity contribution in [1.29, 1.82) is 0 Å². The van der Waals surface area contributed by atoms with E-state index in [4.69, 9.17) is 16.3 Å². The fourth-order valence-electron chi connectivity index (χ4n) is 3.33. The van der Waals surface area contributed by atoms with Gasteiger partial charge >= 0.3 is 0 Å². The SMILES string of the molecule is COc1cccc(C(C)NC(=O)C2CNCC2c2ccc(Cl)cc2)c1. The zero-order valence-electron chi connectivity index (χ0n) is 14.5. The molecule has 0 saturated carbocycles. The van der Waals surface area contributed by atoms with Gasteiger partial charge in [0.15, 0.2) is 0 Å². The number of nitrogens with one attached hydrogen (secondary N) is 2. The highest BCUT2D eigenvalue weighted by Gasteiger charge is 2.34. The molecule has 0 bridgehead atoms. The van der Waals surface area contributed by atoms with E-state index in [9.17, 15) is 4.79 Å². The largest absolute Gasteiger partial charge is 0.497 e. The highest BCUT2D eigenvalue weighted by molar-refractivity contribution is 6.30. The second kappa shape index (κ2) is 7.89. The lowest BCUT2D eigenvalue weighted by molar-refractivity contribution is -0.125. The Hall–Kier alpha value is -2.04. The maximum absolute atomic E-state index is 12.8. The Morgan fingerprint density at radius 3 is 2.72 bits per heavy atom. The third kappa shape index (κ3) is 4.14. The molecule has 0 spiro atoms. The quantitative estimate of drug-likeness (QED) is 0.859. The van der Waals surface area contributed by atoms with E-state index in [1.807, 2.05) is 55.5 Å². The van der Waals surface area contributed by atoms with Crippen LogP contribution in [0, 0.1) is 5.92 Å². The Labute approximate surface area is 153 Å². The normalized spacial score (nSPS) is 20.9. The molecule has 1 saturated heterocycles. The van der Waals surface area contributed by atoms with Crippen molar-refractivity contribution >= 4 is 17.5 Å². The van der Waals surface area contributed by atoms with E-state index >= 15 is 0 Å². The van der Waals surface area contributed by atoms with Crippen molar-refractivity contribution in [2.24, 2.45) is 5.92 Å². The number of halogens is 1. The number of hydrogen-bond donors (Lipinski definition) is 2. The van der Waals surface area contributed by atoms with Crippen molar-refractivity contribution in [2.75, 3.05) is 20.2 Å². The lowest BCUT2D eigenvalue weighted by Gasteiger charge is -2.22. The van der Waals surface area contributed by atoms with Crippen LogP contribution in [0.5, 0.6) is 5.75 Å². The summed E-state index contributed by atoms with van der Waals surface area (Å²) < 4.78 is 5.26. The Kier molecular flexibility index (Phi) is 5.61. The second-order valence-corrected chi connectivity index (χ2v) is 6.87. The Bertz CT molecular complexity index is 733. The van der Waals surface area contributed by atoms with Gasteiger partial charge in [-0.3, -0.25) is 4.79 Å². The van der Waals surface area contributed by atoms with Crippen molar-refractivity contribution in [3.63, 3.8) is 0 Å². The minimum Gasteiger partial charge on any atom is -0.497 e. The summed E-state index contributed by atoms with van der Waals surface area (Å²) in [5.74, 6) is 0.935. The second-order valence-electron chi connectivity index (χ2n) is 6.43. The molecule has 3 rings (SSSR count). The number of methoxy groups -OCH3 is 1. The Balaban J connectivity index is 1.70. The molecule has 2 aromatic carbocycles. The summed E-state index contributed by atoms with van der Waals surface area (Å²) in [7, 11) is 1.64. The van der Waals surface area contributed by atoms with Crippen molar-refractivity contribution in [3.05, 3.63) is 64.7 Å². The summed E-state index contributed by atoms with van der Waals surface area (Å²) in [6, 6.07) is 15.5. The third-order valence-electron chi connectivity index (χ3n) is 4.80. The Morgan fingerprint density at radius 2 is 2.00 bits per heavy atom. The summed E-state index contributed by atoms with van der Waals surface area (Å²) in [6.45, 7) is 3.48. The first kappa shape index (κ1) is 17.8. The molecule has 3 atom stereocenters. The van der Waals surface area contributed by atoms with E-state index in [-0.39, 0.29) is 23.8 Å². The summed E-state index contributed by atoms with van der Waals surface area (Å²) in [4.78, 5) is 12.8. The van der Waals surface area contributed by atoms with Crippen molar-refractivity contribution in [3.8, 4) is 5.75 Å². The first-order chi connectivity index (χ1) is 12.1. The molecule has 0 radical (unpaired) electrons. The minimum atomic E-state index is -0.0887. The van der Waals surface area contributed by atoms with Crippen LogP contribution in [0.2, 0.25) is 5.02 Å². The van der Waals surface area contributed by atoms with Gasteiger partial charge in [0.05, 0.1) is 19.1 Å². The highest BCUT2D eigenvalue weighted by atomic mass is 35.5. The van der Waals surface area contributed by atoms with Crippen LogP contribution in [0.4, 0.5) is 0 Å². The average Bonchev–Trinajstić information content (AvgIpc) is 3.12. The maximum Gasteiger partial charge on any atom is 0.225 e. The van der Waals surface area contributed by atoms with Crippen LogP contribution >= 0.6 is 11.6 Å². The molecule has 4 nitrogen and oxygen atoms in total. The number of carbonyl (C=O) groups is 1. The van der Waals surface area contributed by atoms with Crippen molar-refractivity contribution in [1.82, 2.24) is 10.6 Å². The number of carbonyl (C=O) groups excluding carboxylic acids is 1. The molecule has 1 amide bonds. The zero-order chi connectivity index (χ0) is 17.8. The minimum absolute atomic E-state index is 0.0697. The monoisotopic (exact) mass is 358 g/mol. The molecule has 2 N–H and O–H groups in total. The van der Waals surface area contributed by atoms with E-state index in [1.54, 1.807) is 7.11 Å². The molecule has 0 aromatic heterocycles. The molecular weight excluding hydrogens is 336 g/mol. The van der Waals surface area contributed by atoms with Gasteiger partial charge in [-0.25, -0.2) is 0 Å². The molecule has 1 aliphatic rings. The van der Waals surface area contributed by atoms with E-state index < -0.39 is 0 Å². The third-order valence-corrected chi connectivity index (χ3v) is 5.05. The van der Waals surface area contributed by atoms with Crippen molar-refractivity contribution in [2.45, 2.75) is 18.9 Å². The lowest BCUT2D eigenvalue weighted by atomic mass is 9.88. The summed E-state index contributed by atoms with van der Waals surface area (Å²) in [5.41, 5.74) is 2.17. The van der Waals surface area contributed by atoms with E-state index in [1.165, 1.54) is 0 Å². The average molecular weight is 359 g/mol. The van der Waals surface area contributed by atoms with Crippen LogP contribution in [0.15, 0.2) is 48.5 Å². The summed E-state index contributed by atoms with van der Waals surface area (Å²) in [5, 5.41) is 7.18. The smallest absolute Gasteiger partial charge is 0.225 e. The number of amides is 1. The fraction of sp³-hybridized carbons (Fsp3) is 0.350. The van der Waals surface area contributed by atoms with Gasteiger partial charge in [0.1, 0.15) is 5.75 Å². The van der Waals surface area contributed by atoms with Crippen LogP contribution in [0.25, 0.3) is 0 Å². The molecule has 1 heterocycles. The number of rotatable bonds is 5.